The Kier molecular flexibility index (Phi) is 4.35. The Morgan fingerprint density at radius 1 is 1.00 bits per heavy atom. The van der Waals surface area contributed by atoms with E-state index in [2.05, 4.69) is 13.8 Å². The van der Waals surface area contributed by atoms with Crippen LogP contribution in [-0.2, 0) is 0 Å². The summed E-state index contributed by atoms with van der Waals surface area (Å²) in [6.07, 6.45) is 0.400. The van der Waals surface area contributed by atoms with Crippen LogP contribution in [0.2, 0.25) is 0 Å². The van der Waals surface area contributed by atoms with Crippen molar-refractivity contribution in [3.8, 4) is 5.75 Å². The molecule has 2 aromatic carbocycles. The lowest BCUT2D eigenvalue weighted by molar-refractivity contribution is 0.0962. The van der Waals surface area contributed by atoms with E-state index in [1.807, 2.05) is 48.5 Å². The monoisotopic (exact) mass is 254 g/mol. The molecule has 0 aromatic heterocycles. The Morgan fingerprint density at radius 3 is 2.42 bits per heavy atom. The molecule has 2 aromatic rings. The molecular formula is C17H18O2. The maximum Gasteiger partial charge on any atom is 0.166 e. The van der Waals surface area contributed by atoms with E-state index in [9.17, 15) is 4.79 Å². The molecule has 0 fully saturated rings. The summed E-state index contributed by atoms with van der Waals surface area (Å²) in [6, 6.07) is 15.3. The molecule has 0 heterocycles. The molecule has 2 heteroatoms. The standard InChI is InChI=1S/C17H18O2/c1-13-8-9-16(12-14(13)2)19-11-10-17(18)15-6-4-3-5-7-15/h3-9,12H,10-11H2,1-2H3. The highest BCUT2D eigenvalue weighted by Crippen LogP contribution is 2.16. The summed E-state index contributed by atoms with van der Waals surface area (Å²) >= 11 is 0. The first kappa shape index (κ1) is 13.3. The molecule has 0 saturated heterocycles. The molecule has 0 aliphatic rings. The molecular weight excluding hydrogens is 236 g/mol. The molecule has 0 atom stereocenters. The van der Waals surface area contributed by atoms with Crippen LogP contribution in [0, 0.1) is 13.8 Å². The Hall–Kier alpha value is -2.09. The van der Waals surface area contributed by atoms with Gasteiger partial charge in [0, 0.05) is 12.0 Å². The number of ether oxygens (including phenoxy) is 1. The van der Waals surface area contributed by atoms with E-state index in [0.717, 1.165) is 11.3 Å². The highest BCUT2D eigenvalue weighted by Gasteiger charge is 2.05. The molecule has 2 nitrogen and oxygen atoms in total. The number of aryl methyl sites for hydroxylation is 2. The van der Waals surface area contributed by atoms with Crippen molar-refractivity contribution in [1.82, 2.24) is 0 Å². The maximum atomic E-state index is 11.9. The van der Waals surface area contributed by atoms with Gasteiger partial charge in [-0.05, 0) is 37.1 Å². The molecule has 0 radical (unpaired) electrons. The fourth-order valence-corrected chi connectivity index (χ4v) is 1.83. The molecule has 0 spiro atoms. The number of rotatable bonds is 5. The molecule has 0 aliphatic heterocycles. The van der Waals surface area contributed by atoms with Crippen LogP contribution in [0.5, 0.6) is 5.75 Å². The number of Topliss-reactive ketones (excluding diaryl/α,β-unsaturated/α-hetero) is 1. The van der Waals surface area contributed by atoms with Crippen LogP contribution < -0.4 is 4.74 Å². The molecule has 0 N–H and O–H groups in total. The predicted molar refractivity (Wildman–Crippen MR) is 76.8 cm³/mol. The van der Waals surface area contributed by atoms with Crippen molar-refractivity contribution in [2.45, 2.75) is 20.3 Å². The number of hydrogen-bond acceptors (Lipinski definition) is 2. The maximum absolute atomic E-state index is 11.9. The van der Waals surface area contributed by atoms with Crippen molar-refractivity contribution in [3.05, 3.63) is 65.2 Å². The number of ketones is 1. The van der Waals surface area contributed by atoms with Gasteiger partial charge in [0.15, 0.2) is 5.78 Å². The number of carbonyl (C=O) groups excluding carboxylic acids is 1. The molecule has 0 aliphatic carbocycles. The largest absolute Gasteiger partial charge is 0.493 e. The summed E-state index contributed by atoms with van der Waals surface area (Å²) in [7, 11) is 0. The van der Waals surface area contributed by atoms with Crippen molar-refractivity contribution >= 4 is 5.78 Å². The third-order valence-corrected chi connectivity index (χ3v) is 3.17. The zero-order chi connectivity index (χ0) is 13.7. The van der Waals surface area contributed by atoms with Gasteiger partial charge in [-0.2, -0.15) is 0 Å². The number of carbonyl (C=O) groups is 1. The van der Waals surface area contributed by atoms with Crippen molar-refractivity contribution < 1.29 is 9.53 Å². The minimum Gasteiger partial charge on any atom is -0.493 e. The van der Waals surface area contributed by atoms with Crippen LogP contribution in [-0.4, -0.2) is 12.4 Å². The van der Waals surface area contributed by atoms with E-state index in [1.54, 1.807) is 0 Å². The summed E-state index contributed by atoms with van der Waals surface area (Å²) in [6.45, 7) is 4.53. The van der Waals surface area contributed by atoms with Gasteiger partial charge in [-0.3, -0.25) is 4.79 Å². The van der Waals surface area contributed by atoms with Crippen LogP contribution >= 0.6 is 0 Å². The van der Waals surface area contributed by atoms with Crippen LogP contribution in [0.3, 0.4) is 0 Å². The van der Waals surface area contributed by atoms with Gasteiger partial charge in [0.25, 0.3) is 0 Å². The Bertz CT molecular complexity index is 559. The van der Waals surface area contributed by atoms with E-state index < -0.39 is 0 Å². The average molecular weight is 254 g/mol. The Labute approximate surface area is 114 Å². The molecule has 0 saturated carbocycles. The molecule has 19 heavy (non-hydrogen) atoms. The minimum atomic E-state index is 0.115. The molecule has 0 bridgehead atoms. The van der Waals surface area contributed by atoms with Gasteiger partial charge in [-0.1, -0.05) is 36.4 Å². The number of benzene rings is 2. The third-order valence-electron chi connectivity index (χ3n) is 3.17. The molecule has 2 rings (SSSR count). The SMILES string of the molecule is Cc1ccc(OCCC(=O)c2ccccc2)cc1C. The number of hydrogen-bond donors (Lipinski definition) is 0. The normalized spacial score (nSPS) is 10.2. The Morgan fingerprint density at radius 2 is 1.74 bits per heavy atom. The third kappa shape index (κ3) is 3.68. The fraction of sp³-hybridized carbons (Fsp3) is 0.235. The van der Waals surface area contributed by atoms with Gasteiger partial charge in [0.05, 0.1) is 6.61 Å². The van der Waals surface area contributed by atoms with Gasteiger partial charge in [0.2, 0.25) is 0 Å². The average Bonchev–Trinajstić information content (AvgIpc) is 2.43. The first-order chi connectivity index (χ1) is 9.16. The van der Waals surface area contributed by atoms with E-state index in [-0.39, 0.29) is 5.78 Å². The molecule has 98 valence electrons. The topological polar surface area (TPSA) is 26.3 Å². The second-order valence-electron chi connectivity index (χ2n) is 4.63. The summed E-state index contributed by atoms with van der Waals surface area (Å²) in [4.78, 5) is 11.9. The summed E-state index contributed by atoms with van der Waals surface area (Å²) in [5.41, 5.74) is 3.19. The van der Waals surface area contributed by atoms with Gasteiger partial charge in [-0.25, -0.2) is 0 Å². The lowest BCUT2D eigenvalue weighted by atomic mass is 10.1. The van der Waals surface area contributed by atoms with Crippen LogP contribution in [0.1, 0.15) is 27.9 Å². The van der Waals surface area contributed by atoms with E-state index in [4.69, 9.17) is 4.74 Å². The molecule has 0 amide bonds. The van der Waals surface area contributed by atoms with Crippen molar-refractivity contribution in [1.29, 1.82) is 0 Å². The van der Waals surface area contributed by atoms with Gasteiger partial charge in [0.1, 0.15) is 5.75 Å². The smallest absolute Gasteiger partial charge is 0.166 e. The molecule has 0 unspecified atom stereocenters. The van der Waals surface area contributed by atoms with Crippen LogP contribution in [0.4, 0.5) is 0 Å². The van der Waals surface area contributed by atoms with Crippen molar-refractivity contribution in [2.24, 2.45) is 0 Å². The minimum absolute atomic E-state index is 0.115. The summed E-state index contributed by atoms with van der Waals surface area (Å²) in [5, 5.41) is 0. The van der Waals surface area contributed by atoms with Gasteiger partial charge < -0.3 is 4.74 Å². The van der Waals surface area contributed by atoms with Crippen molar-refractivity contribution in [3.63, 3.8) is 0 Å². The Balaban J connectivity index is 1.87. The van der Waals surface area contributed by atoms with E-state index >= 15 is 0 Å². The first-order valence-electron chi connectivity index (χ1n) is 6.45. The highest BCUT2D eigenvalue weighted by atomic mass is 16.5. The van der Waals surface area contributed by atoms with Gasteiger partial charge in [-0.15, -0.1) is 0 Å². The van der Waals surface area contributed by atoms with E-state index in [0.29, 0.717) is 13.0 Å². The predicted octanol–water partition coefficient (Wildman–Crippen LogP) is 3.96. The van der Waals surface area contributed by atoms with Gasteiger partial charge >= 0.3 is 0 Å². The van der Waals surface area contributed by atoms with Crippen LogP contribution in [0.15, 0.2) is 48.5 Å². The lowest BCUT2D eigenvalue weighted by Gasteiger charge is -2.08. The zero-order valence-corrected chi connectivity index (χ0v) is 11.3. The second kappa shape index (κ2) is 6.19. The van der Waals surface area contributed by atoms with Crippen LogP contribution in [0.25, 0.3) is 0 Å². The summed E-state index contributed by atoms with van der Waals surface area (Å²) in [5.74, 6) is 0.938. The lowest BCUT2D eigenvalue weighted by Crippen LogP contribution is -2.06. The zero-order valence-electron chi connectivity index (χ0n) is 11.3. The quantitative estimate of drug-likeness (QED) is 0.755. The second-order valence-corrected chi connectivity index (χ2v) is 4.63. The first-order valence-corrected chi connectivity index (χ1v) is 6.45. The fourth-order valence-electron chi connectivity index (χ4n) is 1.83. The van der Waals surface area contributed by atoms with E-state index in [1.165, 1.54) is 11.1 Å². The van der Waals surface area contributed by atoms with Crippen molar-refractivity contribution in [2.75, 3.05) is 6.61 Å². The highest BCUT2D eigenvalue weighted by molar-refractivity contribution is 5.96. The summed E-state index contributed by atoms with van der Waals surface area (Å²) < 4.78 is 5.61.